The standard InChI is InChI=1S/C18H24N4O3/c1-25-16(23)8-5-13-21-18(24)22(15-6-3-2-4-7-15)17(20-21)14-9-11-19-12-10-14/h2-4,6-7,14,19H,5,8-13H2,1H3. The molecule has 1 saturated heterocycles. The van der Waals surface area contributed by atoms with Gasteiger partial charge in [0.2, 0.25) is 0 Å². The molecule has 0 spiro atoms. The molecular formula is C18H24N4O3. The second kappa shape index (κ2) is 8.11. The summed E-state index contributed by atoms with van der Waals surface area (Å²) in [5.41, 5.74) is 0.685. The summed E-state index contributed by atoms with van der Waals surface area (Å²) in [5, 5.41) is 7.96. The van der Waals surface area contributed by atoms with Gasteiger partial charge in [-0.05, 0) is 44.5 Å². The van der Waals surface area contributed by atoms with Crippen molar-refractivity contribution in [2.75, 3.05) is 20.2 Å². The molecule has 7 nitrogen and oxygen atoms in total. The summed E-state index contributed by atoms with van der Waals surface area (Å²) in [4.78, 5) is 24.2. The minimum Gasteiger partial charge on any atom is -0.469 e. The number of methoxy groups -OCH3 is 1. The second-order valence-electron chi connectivity index (χ2n) is 6.24. The molecule has 1 aromatic carbocycles. The summed E-state index contributed by atoms with van der Waals surface area (Å²) in [6.45, 7) is 2.28. The van der Waals surface area contributed by atoms with E-state index >= 15 is 0 Å². The molecule has 1 aliphatic rings. The van der Waals surface area contributed by atoms with E-state index in [2.05, 4.69) is 15.2 Å². The van der Waals surface area contributed by atoms with Crippen LogP contribution in [0.25, 0.3) is 5.69 Å². The zero-order valence-electron chi connectivity index (χ0n) is 14.5. The number of ether oxygens (including phenoxy) is 1. The van der Waals surface area contributed by atoms with Crippen molar-refractivity contribution in [1.82, 2.24) is 19.7 Å². The first-order valence-corrected chi connectivity index (χ1v) is 8.73. The molecular weight excluding hydrogens is 320 g/mol. The van der Waals surface area contributed by atoms with Crippen LogP contribution in [0.5, 0.6) is 0 Å². The summed E-state index contributed by atoms with van der Waals surface area (Å²) in [6, 6.07) is 9.61. The van der Waals surface area contributed by atoms with Gasteiger partial charge < -0.3 is 10.1 Å². The van der Waals surface area contributed by atoms with E-state index in [0.29, 0.717) is 13.0 Å². The van der Waals surface area contributed by atoms with Crippen LogP contribution in [0.1, 0.15) is 37.4 Å². The van der Waals surface area contributed by atoms with Crippen molar-refractivity contribution >= 4 is 5.97 Å². The number of hydrogen-bond acceptors (Lipinski definition) is 5. The lowest BCUT2D eigenvalue weighted by molar-refractivity contribution is -0.140. The molecule has 134 valence electrons. The van der Waals surface area contributed by atoms with Crippen molar-refractivity contribution in [3.05, 3.63) is 46.6 Å². The number of nitrogens with zero attached hydrogens (tertiary/aromatic N) is 3. The van der Waals surface area contributed by atoms with Crippen molar-refractivity contribution in [2.24, 2.45) is 0 Å². The van der Waals surface area contributed by atoms with Gasteiger partial charge in [0.05, 0.1) is 12.8 Å². The molecule has 25 heavy (non-hydrogen) atoms. The van der Waals surface area contributed by atoms with Gasteiger partial charge in [0.15, 0.2) is 0 Å². The van der Waals surface area contributed by atoms with Crippen LogP contribution in [-0.4, -0.2) is 40.5 Å². The highest BCUT2D eigenvalue weighted by atomic mass is 16.5. The van der Waals surface area contributed by atoms with Gasteiger partial charge >= 0.3 is 11.7 Å². The summed E-state index contributed by atoms with van der Waals surface area (Å²) < 4.78 is 7.85. The number of rotatable bonds is 6. The van der Waals surface area contributed by atoms with Gasteiger partial charge in [-0.15, -0.1) is 0 Å². The topological polar surface area (TPSA) is 78.2 Å². The number of aryl methyl sites for hydroxylation is 1. The number of para-hydroxylation sites is 1. The van der Waals surface area contributed by atoms with Crippen LogP contribution in [0.2, 0.25) is 0 Å². The third-order valence-electron chi connectivity index (χ3n) is 4.56. The first kappa shape index (κ1) is 17.4. The van der Waals surface area contributed by atoms with E-state index in [1.165, 1.54) is 11.8 Å². The molecule has 2 heterocycles. The van der Waals surface area contributed by atoms with E-state index in [-0.39, 0.29) is 24.0 Å². The highest BCUT2D eigenvalue weighted by Crippen LogP contribution is 2.24. The largest absolute Gasteiger partial charge is 0.469 e. The maximum absolute atomic E-state index is 12.9. The van der Waals surface area contributed by atoms with E-state index in [9.17, 15) is 9.59 Å². The van der Waals surface area contributed by atoms with Gasteiger partial charge in [0.1, 0.15) is 5.82 Å². The van der Waals surface area contributed by atoms with E-state index in [4.69, 9.17) is 0 Å². The van der Waals surface area contributed by atoms with Gasteiger partial charge in [-0.25, -0.2) is 14.0 Å². The average Bonchev–Trinajstić information content (AvgIpc) is 2.99. The van der Waals surface area contributed by atoms with Gasteiger partial charge in [0, 0.05) is 18.9 Å². The number of piperidine rings is 1. The van der Waals surface area contributed by atoms with Crippen LogP contribution in [0.3, 0.4) is 0 Å². The predicted molar refractivity (Wildman–Crippen MR) is 93.9 cm³/mol. The van der Waals surface area contributed by atoms with Crippen molar-refractivity contribution < 1.29 is 9.53 Å². The first-order valence-electron chi connectivity index (χ1n) is 8.73. The molecule has 0 saturated carbocycles. The minimum absolute atomic E-state index is 0.149. The number of hydrogen-bond donors (Lipinski definition) is 1. The fraction of sp³-hybridized carbons (Fsp3) is 0.500. The maximum Gasteiger partial charge on any atom is 0.350 e. The average molecular weight is 344 g/mol. The van der Waals surface area contributed by atoms with Crippen molar-refractivity contribution in [3.63, 3.8) is 0 Å². The molecule has 1 aliphatic heterocycles. The Morgan fingerprint density at radius 3 is 2.68 bits per heavy atom. The van der Waals surface area contributed by atoms with Crippen LogP contribution in [0.15, 0.2) is 35.1 Å². The Kier molecular flexibility index (Phi) is 5.65. The monoisotopic (exact) mass is 344 g/mol. The smallest absolute Gasteiger partial charge is 0.350 e. The molecule has 0 amide bonds. The molecule has 1 aromatic heterocycles. The predicted octanol–water partition coefficient (Wildman–Crippen LogP) is 1.45. The van der Waals surface area contributed by atoms with Gasteiger partial charge in [0.25, 0.3) is 0 Å². The molecule has 0 unspecified atom stereocenters. The zero-order valence-corrected chi connectivity index (χ0v) is 14.5. The summed E-state index contributed by atoms with van der Waals surface area (Å²) in [7, 11) is 1.37. The lowest BCUT2D eigenvalue weighted by Gasteiger charge is -2.22. The Hall–Kier alpha value is -2.41. The maximum atomic E-state index is 12.9. The number of carbonyl (C=O) groups excluding carboxylic acids is 1. The molecule has 1 N–H and O–H groups in total. The van der Waals surface area contributed by atoms with E-state index in [1.54, 1.807) is 4.57 Å². The molecule has 0 bridgehead atoms. The fourth-order valence-electron chi connectivity index (χ4n) is 3.21. The number of esters is 1. The number of benzene rings is 1. The van der Waals surface area contributed by atoms with Gasteiger partial charge in [-0.2, -0.15) is 5.10 Å². The van der Waals surface area contributed by atoms with Crippen molar-refractivity contribution in [3.8, 4) is 5.69 Å². The molecule has 7 heteroatoms. The summed E-state index contributed by atoms with van der Waals surface area (Å²) >= 11 is 0. The fourth-order valence-corrected chi connectivity index (χ4v) is 3.21. The van der Waals surface area contributed by atoms with Gasteiger partial charge in [-0.3, -0.25) is 4.79 Å². The summed E-state index contributed by atoms with van der Waals surface area (Å²) in [5.74, 6) is 0.806. The Balaban J connectivity index is 1.91. The third kappa shape index (κ3) is 3.99. The Morgan fingerprint density at radius 2 is 2.00 bits per heavy atom. The quantitative estimate of drug-likeness (QED) is 0.803. The van der Waals surface area contributed by atoms with Crippen LogP contribution >= 0.6 is 0 Å². The van der Waals surface area contributed by atoms with E-state index in [0.717, 1.165) is 37.4 Å². The van der Waals surface area contributed by atoms with Crippen molar-refractivity contribution in [2.45, 2.75) is 38.1 Å². The molecule has 0 aliphatic carbocycles. The number of aromatic nitrogens is 3. The van der Waals surface area contributed by atoms with Crippen LogP contribution < -0.4 is 11.0 Å². The third-order valence-corrected chi connectivity index (χ3v) is 4.56. The first-order chi connectivity index (χ1) is 12.2. The molecule has 2 aromatic rings. The Labute approximate surface area is 146 Å². The normalized spacial score (nSPS) is 15.2. The lowest BCUT2D eigenvalue weighted by Crippen LogP contribution is -2.29. The van der Waals surface area contributed by atoms with Crippen LogP contribution in [0, 0.1) is 0 Å². The zero-order chi connectivity index (χ0) is 17.6. The van der Waals surface area contributed by atoms with Crippen LogP contribution in [0.4, 0.5) is 0 Å². The molecule has 0 radical (unpaired) electrons. The van der Waals surface area contributed by atoms with E-state index < -0.39 is 0 Å². The Bertz CT molecular complexity index is 760. The number of nitrogens with one attached hydrogen (secondary N) is 1. The highest BCUT2D eigenvalue weighted by molar-refractivity contribution is 5.68. The van der Waals surface area contributed by atoms with E-state index in [1.807, 2.05) is 30.3 Å². The lowest BCUT2D eigenvalue weighted by atomic mass is 9.97. The molecule has 3 rings (SSSR count). The molecule has 1 fully saturated rings. The number of carbonyl (C=O) groups is 1. The summed E-state index contributed by atoms with van der Waals surface area (Å²) in [6.07, 6.45) is 2.74. The second-order valence-corrected chi connectivity index (χ2v) is 6.24. The van der Waals surface area contributed by atoms with Gasteiger partial charge in [-0.1, -0.05) is 18.2 Å². The van der Waals surface area contributed by atoms with Crippen molar-refractivity contribution in [1.29, 1.82) is 0 Å². The highest BCUT2D eigenvalue weighted by Gasteiger charge is 2.24. The Morgan fingerprint density at radius 1 is 1.28 bits per heavy atom. The minimum atomic E-state index is -0.269. The SMILES string of the molecule is COC(=O)CCCn1nc(C2CCNCC2)n(-c2ccccc2)c1=O. The van der Waals surface area contributed by atoms with Crippen LogP contribution in [-0.2, 0) is 16.1 Å². The molecule has 0 atom stereocenters.